The highest BCUT2D eigenvalue weighted by molar-refractivity contribution is 5.81. The molecule has 5 heteroatoms. The van der Waals surface area contributed by atoms with Crippen molar-refractivity contribution in [2.75, 3.05) is 6.54 Å². The first kappa shape index (κ1) is 26.6. The van der Waals surface area contributed by atoms with Crippen LogP contribution in [0.15, 0.2) is 97.1 Å². The summed E-state index contributed by atoms with van der Waals surface area (Å²) in [5, 5.41) is 2.93. The lowest BCUT2D eigenvalue weighted by Crippen LogP contribution is -2.38. The second-order valence-corrected chi connectivity index (χ2v) is 10.2. The fraction of sp³-hybridized carbons (Fsp3) is 0.265. The van der Waals surface area contributed by atoms with Crippen molar-refractivity contribution < 1.29 is 13.9 Å². The van der Waals surface area contributed by atoms with E-state index in [0.29, 0.717) is 18.7 Å². The van der Waals surface area contributed by atoms with E-state index < -0.39 is 6.10 Å². The predicted molar refractivity (Wildman–Crippen MR) is 153 cm³/mol. The Morgan fingerprint density at radius 2 is 1.77 bits per heavy atom. The zero-order chi connectivity index (χ0) is 27.2. The summed E-state index contributed by atoms with van der Waals surface area (Å²) in [7, 11) is 0. The van der Waals surface area contributed by atoms with Gasteiger partial charge in [-0.25, -0.2) is 4.39 Å². The number of nitrogens with zero attached hydrogens (tertiary/aromatic N) is 1. The quantitative estimate of drug-likeness (QED) is 0.264. The molecule has 0 fully saturated rings. The monoisotopic (exact) mass is 522 g/mol. The minimum absolute atomic E-state index is 0.0893. The van der Waals surface area contributed by atoms with Crippen LogP contribution in [0.1, 0.15) is 52.8 Å². The molecular weight excluding hydrogens is 487 g/mol. The summed E-state index contributed by atoms with van der Waals surface area (Å²) >= 11 is 0. The van der Waals surface area contributed by atoms with Gasteiger partial charge in [0.25, 0.3) is 5.91 Å². The Bertz CT molecular complexity index is 1400. The van der Waals surface area contributed by atoms with E-state index in [9.17, 15) is 9.18 Å². The molecule has 4 aromatic carbocycles. The highest BCUT2D eigenvalue weighted by Gasteiger charge is 2.30. The van der Waals surface area contributed by atoms with Crippen molar-refractivity contribution in [1.82, 2.24) is 10.2 Å². The largest absolute Gasteiger partial charge is 0.481 e. The van der Waals surface area contributed by atoms with Crippen LogP contribution in [-0.2, 0) is 24.3 Å². The standard InChI is InChI=1S/C34H35FN2O2/c1-3-32(34(38)36-22-25-12-15-29(35)16-13-25)39-30-17-14-27-18-19-37(23-26-9-7-8-24(2)20-26)33(31(27)21-30)28-10-5-4-6-11-28/h4-17,20-21,32-33H,3,18-19,22-23H2,1-2H3,(H,36,38)/t32-,33-/m1/s1. The fourth-order valence-corrected chi connectivity index (χ4v) is 5.35. The molecule has 0 saturated heterocycles. The molecule has 4 aromatic rings. The van der Waals surface area contributed by atoms with Gasteiger partial charge in [0.05, 0.1) is 6.04 Å². The molecule has 0 unspecified atom stereocenters. The minimum atomic E-state index is -0.620. The van der Waals surface area contributed by atoms with Crippen LogP contribution in [0.5, 0.6) is 5.75 Å². The van der Waals surface area contributed by atoms with Crippen molar-refractivity contribution in [2.45, 2.75) is 51.9 Å². The summed E-state index contributed by atoms with van der Waals surface area (Å²) < 4.78 is 19.5. The summed E-state index contributed by atoms with van der Waals surface area (Å²) in [4.78, 5) is 15.5. The van der Waals surface area contributed by atoms with Crippen LogP contribution in [0.2, 0.25) is 0 Å². The van der Waals surface area contributed by atoms with Crippen molar-refractivity contribution >= 4 is 5.91 Å². The van der Waals surface area contributed by atoms with E-state index in [0.717, 1.165) is 25.1 Å². The average Bonchev–Trinajstić information content (AvgIpc) is 2.95. The van der Waals surface area contributed by atoms with Gasteiger partial charge in [0.1, 0.15) is 11.6 Å². The molecule has 0 aromatic heterocycles. The molecule has 1 aliphatic rings. The van der Waals surface area contributed by atoms with Gasteiger partial charge in [0.15, 0.2) is 6.10 Å². The zero-order valence-electron chi connectivity index (χ0n) is 22.6. The normalized spacial score (nSPS) is 15.8. The third-order valence-corrected chi connectivity index (χ3v) is 7.35. The van der Waals surface area contributed by atoms with Crippen molar-refractivity contribution in [3.8, 4) is 5.75 Å². The van der Waals surface area contributed by atoms with E-state index in [1.54, 1.807) is 12.1 Å². The van der Waals surface area contributed by atoms with Crippen LogP contribution in [0.4, 0.5) is 4.39 Å². The molecular formula is C34H35FN2O2. The van der Waals surface area contributed by atoms with Crippen molar-refractivity contribution in [1.29, 1.82) is 0 Å². The number of ether oxygens (including phenoxy) is 1. The van der Waals surface area contributed by atoms with Gasteiger partial charge in [-0.2, -0.15) is 0 Å². The number of halogens is 1. The van der Waals surface area contributed by atoms with Crippen LogP contribution < -0.4 is 10.1 Å². The molecule has 1 aliphatic heterocycles. The fourth-order valence-electron chi connectivity index (χ4n) is 5.35. The topological polar surface area (TPSA) is 41.6 Å². The molecule has 1 amide bonds. The number of amides is 1. The number of rotatable bonds is 9. The van der Waals surface area contributed by atoms with Crippen molar-refractivity contribution in [2.24, 2.45) is 0 Å². The molecule has 4 nitrogen and oxygen atoms in total. The van der Waals surface area contributed by atoms with E-state index in [1.807, 2.05) is 19.1 Å². The summed E-state index contributed by atoms with van der Waals surface area (Å²) in [6.07, 6.45) is 0.874. The van der Waals surface area contributed by atoms with Crippen molar-refractivity contribution in [3.63, 3.8) is 0 Å². The van der Waals surface area contributed by atoms with Gasteiger partial charge >= 0.3 is 0 Å². The van der Waals surface area contributed by atoms with Crippen LogP contribution in [0.25, 0.3) is 0 Å². The number of hydrogen-bond acceptors (Lipinski definition) is 3. The Hall–Kier alpha value is -3.96. The Labute approximate surface area is 230 Å². The van der Waals surface area contributed by atoms with E-state index in [1.165, 1.54) is 39.9 Å². The number of fused-ring (bicyclic) bond motifs is 1. The lowest BCUT2D eigenvalue weighted by atomic mass is 9.87. The van der Waals surface area contributed by atoms with Crippen LogP contribution in [0, 0.1) is 12.7 Å². The van der Waals surface area contributed by atoms with Gasteiger partial charge in [-0.3, -0.25) is 9.69 Å². The maximum Gasteiger partial charge on any atom is 0.261 e. The Kier molecular flexibility index (Phi) is 8.38. The lowest BCUT2D eigenvalue weighted by molar-refractivity contribution is -0.128. The van der Waals surface area contributed by atoms with E-state index in [4.69, 9.17) is 4.74 Å². The third kappa shape index (κ3) is 6.55. The summed E-state index contributed by atoms with van der Waals surface area (Å²) in [6, 6.07) is 31.8. The molecule has 0 aliphatic carbocycles. The minimum Gasteiger partial charge on any atom is -0.481 e. The second-order valence-electron chi connectivity index (χ2n) is 10.2. The summed E-state index contributed by atoms with van der Waals surface area (Å²) in [5.41, 5.74) is 7.18. The SMILES string of the molecule is CC[C@@H](Oc1ccc2c(c1)[C@@H](c1ccccc1)N(Cc1cccc(C)c1)CC2)C(=O)NCc1ccc(F)cc1. The lowest BCUT2D eigenvalue weighted by Gasteiger charge is -2.38. The molecule has 39 heavy (non-hydrogen) atoms. The van der Waals surface area contributed by atoms with Gasteiger partial charge in [-0.05, 0) is 71.8 Å². The highest BCUT2D eigenvalue weighted by Crippen LogP contribution is 2.38. The maximum absolute atomic E-state index is 13.2. The molecule has 200 valence electrons. The average molecular weight is 523 g/mol. The molecule has 1 N–H and O–H groups in total. The molecule has 0 bridgehead atoms. The predicted octanol–water partition coefficient (Wildman–Crippen LogP) is 6.76. The molecule has 2 atom stereocenters. The molecule has 0 saturated carbocycles. The molecule has 0 spiro atoms. The first-order valence-corrected chi connectivity index (χ1v) is 13.7. The molecule has 1 heterocycles. The summed E-state index contributed by atoms with van der Waals surface area (Å²) in [6.45, 7) is 6.22. The first-order valence-electron chi connectivity index (χ1n) is 13.7. The Morgan fingerprint density at radius 3 is 2.51 bits per heavy atom. The molecule has 0 radical (unpaired) electrons. The van der Waals surface area contributed by atoms with E-state index >= 15 is 0 Å². The van der Waals surface area contributed by atoms with Crippen LogP contribution in [0.3, 0.4) is 0 Å². The zero-order valence-corrected chi connectivity index (χ0v) is 22.6. The van der Waals surface area contributed by atoms with E-state index in [-0.39, 0.29) is 17.8 Å². The van der Waals surface area contributed by atoms with Gasteiger partial charge in [-0.15, -0.1) is 0 Å². The number of aryl methyl sites for hydroxylation is 1. The number of hydrogen-bond donors (Lipinski definition) is 1. The van der Waals surface area contributed by atoms with Crippen molar-refractivity contribution in [3.05, 3.63) is 136 Å². The Morgan fingerprint density at radius 1 is 0.974 bits per heavy atom. The van der Waals surface area contributed by atoms with Crippen LogP contribution >= 0.6 is 0 Å². The summed E-state index contributed by atoms with van der Waals surface area (Å²) in [5.74, 6) is 0.217. The van der Waals surface area contributed by atoms with Gasteiger partial charge < -0.3 is 10.1 Å². The van der Waals surface area contributed by atoms with Gasteiger partial charge in [0.2, 0.25) is 0 Å². The molecule has 5 rings (SSSR count). The second kappa shape index (κ2) is 12.3. The first-order chi connectivity index (χ1) is 19.0. The van der Waals surface area contributed by atoms with E-state index in [2.05, 4.69) is 77.8 Å². The number of benzene rings is 4. The van der Waals surface area contributed by atoms with Gasteiger partial charge in [-0.1, -0.05) is 85.3 Å². The number of nitrogens with one attached hydrogen (secondary N) is 1. The number of carbonyl (C=O) groups excluding carboxylic acids is 1. The highest BCUT2D eigenvalue weighted by atomic mass is 19.1. The van der Waals surface area contributed by atoms with Crippen LogP contribution in [-0.4, -0.2) is 23.5 Å². The smallest absolute Gasteiger partial charge is 0.261 e. The number of carbonyl (C=O) groups is 1. The maximum atomic E-state index is 13.2. The Balaban J connectivity index is 1.37. The van der Waals surface area contributed by atoms with Gasteiger partial charge in [0, 0.05) is 19.6 Å². The third-order valence-electron chi connectivity index (χ3n) is 7.35.